The number of thiophene rings is 1. The second-order valence-corrected chi connectivity index (χ2v) is 6.04. The average molecular weight is 273 g/mol. The lowest BCUT2D eigenvalue weighted by Gasteiger charge is -2.29. The van der Waals surface area contributed by atoms with Crippen LogP contribution in [0.5, 0.6) is 5.75 Å². The summed E-state index contributed by atoms with van der Waals surface area (Å²) in [5.74, 6) is 0.180. The lowest BCUT2D eigenvalue weighted by atomic mass is 10.0. The number of para-hydroxylation sites is 1. The SMILES string of the molecule is Cc1ccc(C(=O)N2CCCc3cccc(O)c32)s1. The van der Waals surface area contributed by atoms with E-state index in [4.69, 9.17) is 0 Å². The number of carbonyl (C=O) groups is 1. The maximum atomic E-state index is 12.6. The molecule has 1 N–H and O–H groups in total. The molecule has 0 spiro atoms. The summed E-state index contributed by atoms with van der Waals surface area (Å²) in [6.07, 6.45) is 1.85. The van der Waals surface area contributed by atoms with Crippen molar-refractivity contribution in [2.24, 2.45) is 0 Å². The molecular formula is C15H15NO2S. The summed E-state index contributed by atoms with van der Waals surface area (Å²) in [6.45, 7) is 2.66. The molecule has 98 valence electrons. The summed E-state index contributed by atoms with van der Waals surface area (Å²) >= 11 is 1.50. The van der Waals surface area contributed by atoms with Crippen molar-refractivity contribution in [3.8, 4) is 5.75 Å². The minimum atomic E-state index is -0.0134. The number of rotatable bonds is 1. The lowest BCUT2D eigenvalue weighted by molar-refractivity contribution is 0.0988. The van der Waals surface area contributed by atoms with Gasteiger partial charge in [0.05, 0.1) is 10.6 Å². The van der Waals surface area contributed by atoms with Crippen LogP contribution in [0.25, 0.3) is 0 Å². The number of phenols is 1. The molecule has 1 aliphatic rings. The van der Waals surface area contributed by atoms with Crippen LogP contribution in [0, 0.1) is 6.92 Å². The molecular weight excluding hydrogens is 258 g/mol. The third-order valence-corrected chi connectivity index (χ3v) is 4.38. The van der Waals surface area contributed by atoms with E-state index in [1.54, 1.807) is 11.0 Å². The zero-order valence-electron chi connectivity index (χ0n) is 10.7. The number of phenolic OH excluding ortho intramolecular Hbond substituents is 1. The Labute approximate surface area is 116 Å². The molecule has 1 aliphatic heterocycles. The molecule has 4 heteroatoms. The van der Waals surface area contributed by atoms with E-state index in [-0.39, 0.29) is 11.7 Å². The van der Waals surface area contributed by atoms with Gasteiger partial charge in [0.1, 0.15) is 5.75 Å². The highest BCUT2D eigenvalue weighted by molar-refractivity contribution is 7.14. The van der Waals surface area contributed by atoms with E-state index in [1.807, 2.05) is 31.2 Å². The molecule has 3 nitrogen and oxygen atoms in total. The fourth-order valence-electron chi connectivity index (χ4n) is 2.52. The van der Waals surface area contributed by atoms with Gasteiger partial charge in [0, 0.05) is 11.4 Å². The zero-order chi connectivity index (χ0) is 13.4. The number of aryl methyl sites for hydroxylation is 2. The van der Waals surface area contributed by atoms with E-state index in [0.29, 0.717) is 12.2 Å². The Hall–Kier alpha value is -1.81. The first-order valence-corrected chi connectivity index (χ1v) is 7.17. The van der Waals surface area contributed by atoms with Crippen LogP contribution < -0.4 is 4.90 Å². The van der Waals surface area contributed by atoms with E-state index in [0.717, 1.165) is 28.2 Å². The predicted octanol–water partition coefficient (Wildman–Crippen LogP) is 3.36. The maximum Gasteiger partial charge on any atom is 0.268 e. The molecule has 2 aromatic rings. The highest BCUT2D eigenvalue weighted by Gasteiger charge is 2.26. The number of aromatic hydroxyl groups is 1. The van der Waals surface area contributed by atoms with Gasteiger partial charge in [-0.2, -0.15) is 0 Å². The van der Waals surface area contributed by atoms with E-state index in [2.05, 4.69) is 0 Å². The topological polar surface area (TPSA) is 40.5 Å². The molecule has 0 radical (unpaired) electrons. The van der Waals surface area contributed by atoms with Crippen LogP contribution >= 0.6 is 11.3 Å². The zero-order valence-corrected chi connectivity index (χ0v) is 11.5. The molecule has 1 amide bonds. The standard InChI is InChI=1S/C15H15NO2S/c1-10-7-8-13(19-10)15(18)16-9-3-5-11-4-2-6-12(17)14(11)16/h2,4,6-8,17H,3,5,9H2,1H3. The van der Waals surface area contributed by atoms with E-state index < -0.39 is 0 Å². The van der Waals surface area contributed by atoms with Gasteiger partial charge in [0.2, 0.25) is 0 Å². The van der Waals surface area contributed by atoms with Crippen molar-refractivity contribution in [1.82, 2.24) is 0 Å². The van der Waals surface area contributed by atoms with E-state index >= 15 is 0 Å². The van der Waals surface area contributed by atoms with Crippen LogP contribution in [-0.2, 0) is 6.42 Å². The number of amides is 1. The first-order chi connectivity index (χ1) is 9.16. The molecule has 0 fully saturated rings. The van der Waals surface area contributed by atoms with Crippen molar-refractivity contribution in [3.05, 3.63) is 45.6 Å². The lowest BCUT2D eigenvalue weighted by Crippen LogP contribution is -2.35. The highest BCUT2D eigenvalue weighted by atomic mass is 32.1. The molecule has 0 atom stereocenters. The Morgan fingerprint density at radius 3 is 2.89 bits per heavy atom. The van der Waals surface area contributed by atoms with Crippen LogP contribution in [0.4, 0.5) is 5.69 Å². The largest absolute Gasteiger partial charge is 0.506 e. The third kappa shape index (κ3) is 2.12. The molecule has 1 aromatic carbocycles. The van der Waals surface area contributed by atoms with Crippen molar-refractivity contribution in [2.45, 2.75) is 19.8 Å². The summed E-state index contributed by atoms with van der Waals surface area (Å²) in [4.78, 5) is 16.1. The van der Waals surface area contributed by atoms with Crippen LogP contribution in [-0.4, -0.2) is 17.6 Å². The van der Waals surface area contributed by atoms with Crippen molar-refractivity contribution >= 4 is 22.9 Å². The van der Waals surface area contributed by atoms with Gasteiger partial charge in [-0.05, 0) is 43.5 Å². The third-order valence-electron chi connectivity index (χ3n) is 3.39. The van der Waals surface area contributed by atoms with Crippen molar-refractivity contribution < 1.29 is 9.90 Å². The fourth-order valence-corrected chi connectivity index (χ4v) is 3.33. The number of carbonyl (C=O) groups excluding carboxylic acids is 1. The summed E-state index contributed by atoms with van der Waals surface area (Å²) in [7, 11) is 0. The van der Waals surface area contributed by atoms with Crippen molar-refractivity contribution in [1.29, 1.82) is 0 Å². The summed E-state index contributed by atoms with van der Waals surface area (Å²) in [5, 5.41) is 10.0. The molecule has 3 rings (SSSR count). The van der Waals surface area contributed by atoms with Gasteiger partial charge in [-0.1, -0.05) is 12.1 Å². The Bertz CT molecular complexity index is 633. The Balaban J connectivity index is 2.02. The summed E-state index contributed by atoms with van der Waals surface area (Å²) in [6, 6.07) is 9.26. The van der Waals surface area contributed by atoms with E-state index in [9.17, 15) is 9.90 Å². The number of hydrogen-bond donors (Lipinski definition) is 1. The summed E-state index contributed by atoms with van der Waals surface area (Å²) in [5.41, 5.74) is 1.73. The molecule has 0 bridgehead atoms. The highest BCUT2D eigenvalue weighted by Crippen LogP contribution is 2.36. The van der Waals surface area contributed by atoms with E-state index in [1.165, 1.54) is 11.3 Å². The van der Waals surface area contributed by atoms with Crippen molar-refractivity contribution in [3.63, 3.8) is 0 Å². The van der Waals surface area contributed by atoms with Gasteiger partial charge in [0.15, 0.2) is 0 Å². The second-order valence-electron chi connectivity index (χ2n) is 4.76. The van der Waals surface area contributed by atoms with Crippen LogP contribution in [0.15, 0.2) is 30.3 Å². The molecule has 0 saturated carbocycles. The van der Waals surface area contributed by atoms with Crippen LogP contribution in [0.1, 0.15) is 26.5 Å². The minimum Gasteiger partial charge on any atom is -0.506 e. The first-order valence-electron chi connectivity index (χ1n) is 6.36. The van der Waals surface area contributed by atoms with Gasteiger partial charge >= 0.3 is 0 Å². The number of anilines is 1. The first kappa shape index (κ1) is 12.2. The maximum absolute atomic E-state index is 12.6. The molecule has 0 aliphatic carbocycles. The monoisotopic (exact) mass is 273 g/mol. The fraction of sp³-hybridized carbons (Fsp3) is 0.267. The number of nitrogens with zero attached hydrogens (tertiary/aromatic N) is 1. The molecule has 19 heavy (non-hydrogen) atoms. The van der Waals surface area contributed by atoms with Crippen LogP contribution in [0.2, 0.25) is 0 Å². The molecule has 1 aromatic heterocycles. The predicted molar refractivity (Wildman–Crippen MR) is 77.2 cm³/mol. The molecule has 0 unspecified atom stereocenters. The van der Waals surface area contributed by atoms with Gasteiger partial charge < -0.3 is 10.0 Å². The number of benzene rings is 1. The summed E-state index contributed by atoms with van der Waals surface area (Å²) < 4.78 is 0. The smallest absolute Gasteiger partial charge is 0.268 e. The van der Waals surface area contributed by atoms with Gasteiger partial charge in [0.25, 0.3) is 5.91 Å². The quantitative estimate of drug-likeness (QED) is 0.865. The number of hydrogen-bond acceptors (Lipinski definition) is 3. The Kier molecular flexibility index (Phi) is 3.03. The average Bonchev–Trinajstić information content (AvgIpc) is 2.84. The Morgan fingerprint density at radius 1 is 1.32 bits per heavy atom. The van der Waals surface area contributed by atoms with Gasteiger partial charge in [-0.3, -0.25) is 4.79 Å². The van der Waals surface area contributed by atoms with Gasteiger partial charge in [-0.15, -0.1) is 11.3 Å². The molecule has 0 saturated heterocycles. The molecule has 2 heterocycles. The number of fused-ring (bicyclic) bond motifs is 1. The van der Waals surface area contributed by atoms with Crippen LogP contribution in [0.3, 0.4) is 0 Å². The van der Waals surface area contributed by atoms with Crippen molar-refractivity contribution in [2.75, 3.05) is 11.4 Å². The van der Waals surface area contributed by atoms with Gasteiger partial charge in [-0.25, -0.2) is 0 Å². The Morgan fingerprint density at radius 2 is 2.16 bits per heavy atom. The second kappa shape index (κ2) is 4.70. The minimum absolute atomic E-state index is 0.0134. The normalized spacial score (nSPS) is 14.3.